The van der Waals surface area contributed by atoms with Gasteiger partial charge in [-0.05, 0) is 12.5 Å². The van der Waals surface area contributed by atoms with Crippen LogP contribution in [0.2, 0.25) is 0 Å². The quantitative estimate of drug-likeness (QED) is 0.795. The molecule has 0 bridgehead atoms. The van der Waals surface area contributed by atoms with E-state index < -0.39 is 5.60 Å². The predicted octanol–water partition coefficient (Wildman–Crippen LogP) is 1.99. The number of hydrogen-bond acceptors (Lipinski definition) is 4. The van der Waals surface area contributed by atoms with E-state index in [0.29, 0.717) is 18.9 Å². The Bertz CT molecular complexity index is 585. The Balaban J connectivity index is 1.95. The summed E-state index contributed by atoms with van der Waals surface area (Å²) >= 11 is 0. The van der Waals surface area contributed by atoms with Crippen LogP contribution < -0.4 is 4.90 Å². The van der Waals surface area contributed by atoms with Gasteiger partial charge in [-0.3, -0.25) is 9.59 Å². The van der Waals surface area contributed by atoms with Crippen molar-refractivity contribution in [3.05, 3.63) is 29.8 Å². The topological polar surface area (TPSA) is 55.8 Å². The summed E-state index contributed by atoms with van der Waals surface area (Å²) in [5.41, 5.74) is 0.215. The van der Waals surface area contributed by atoms with Crippen LogP contribution in [0.15, 0.2) is 24.3 Å². The van der Waals surface area contributed by atoms with Crippen LogP contribution in [0.5, 0.6) is 0 Å². The van der Waals surface area contributed by atoms with Crippen LogP contribution in [0.4, 0.5) is 5.69 Å². The van der Waals surface area contributed by atoms with Gasteiger partial charge >= 0.3 is 0 Å². The molecular formula is C16H19NO4. The molecule has 3 rings (SSSR count). The second-order valence-electron chi connectivity index (χ2n) is 5.44. The van der Waals surface area contributed by atoms with Gasteiger partial charge in [0.15, 0.2) is 0 Å². The molecule has 2 aliphatic heterocycles. The van der Waals surface area contributed by atoms with Crippen molar-refractivity contribution in [2.75, 3.05) is 18.1 Å². The third kappa shape index (κ3) is 1.92. The van der Waals surface area contributed by atoms with Gasteiger partial charge in [0.05, 0.1) is 12.3 Å². The van der Waals surface area contributed by atoms with E-state index in [4.69, 9.17) is 9.47 Å². The Labute approximate surface area is 123 Å². The van der Waals surface area contributed by atoms with Gasteiger partial charge in [-0.2, -0.15) is 0 Å². The molecule has 2 atom stereocenters. The molecule has 112 valence electrons. The number of amides is 2. The van der Waals surface area contributed by atoms with Crippen LogP contribution in [0, 0.1) is 0 Å². The van der Waals surface area contributed by atoms with Gasteiger partial charge in [0.25, 0.3) is 5.91 Å². The summed E-state index contributed by atoms with van der Waals surface area (Å²) < 4.78 is 11.5. The van der Waals surface area contributed by atoms with Crippen molar-refractivity contribution in [1.82, 2.24) is 0 Å². The zero-order valence-electron chi connectivity index (χ0n) is 12.3. The van der Waals surface area contributed by atoms with E-state index in [1.165, 1.54) is 11.8 Å². The monoisotopic (exact) mass is 289 g/mol. The van der Waals surface area contributed by atoms with E-state index in [9.17, 15) is 9.59 Å². The number of carbonyl (C=O) groups is 2. The number of unbranched alkanes of at least 4 members (excludes halogenated alkanes) is 1. The lowest BCUT2D eigenvalue weighted by atomic mass is 9.85. The van der Waals surface area contributed by atoms with Gasteiger partial charge in [0, 0.05) is 19.1 Å². The molecule has 5 heteroatoms. The maximum absolute atomic E-state index is 12.8. The molecule has 5 nitrogen and oxygen atoms in total. The first kappa shape index (κ1) is 14.2. The number of rotatable bonds is 4. The van der Waals surface area contributed by atoms with Crippen molar-refractivity contribution in [2.45, 2.75) is 38.4 Å². The lowest BCUT2D eigenvalue weighted by molar-refractivity contribution is -0.249. The molecule has 1 aromatic carbocycles. The van der Waals surface area contributed by atoms with Crippen molar-refractivity contribution >= 4 is 17.5 Å². The Hall–Kier alpha value is -1.72. The fourth-order valence-electron chi connectivity index (χ4n) is 2.99. The van der Waals surface area contributed by atoms with Crippen LogP contribution in [-0.4, -0.2) is 31.1 Å². The third-order valence-electron chi connectivity index (χ3n) is 4.11. The molecule has 0 N–H and O–H groups in total. The number of benzene rings is 1. The zero-order chi connectivity index (χ0) is 15.0. The molecular weight excluding hydrogens is 270 g/mol. The van der Waals surface area contributed by atoms with Crippen molar-refractivity contribution < 1.29 is 19.1 Å². The highest BCUT2D eigenvalue weighted by atomic mass is 16.6. The van der Waals surface area contributed by atoms with E-state index in [1.807, 2.05) is 18.2 Å². The highest BCUT2D eigenvalue weighted by Crippen LogP contribution is 2.50. The minimum Gasteiger partial charge on any atom is -0.372 e. The fraction of sp³-hybridized carbons (Fsp3) is 0.500. The zero-order valence-corrected chi connectivity index (χ0v) is 12.3. The summed E-state index contributed by atoms with van der Waals surface area (Å²) in [4.78, 5) is 25.8. The van der Waals surface area contributed by atoms with E-state index >= 15 is 0 Å². The van der Waals surface area contributed by atoms with Gasteiger partial charge < -0.3 is 9.47 Å². The first-order valence-electron chi connectivity index (χ1n) is 7.33. The Morgan fingerprint density at radius 1 is 1.48 bits per heavy atom. The smallest absolute Gasteiger partial charge is 0.273 e. The summed E-state index contributed by atoms with van der Waals surface area (Å²) in [5, 5.41) is 0. The molecule has 0 radical (unpaired) electrons. The number of anilines is 1. The van der Waals surface area contributed by atoms with Gasteiger partial charge in [0.2, 0.25) is 11.5 Å². The molecule has 0 saturated carbocycles. The summed E-state index contributed by atoms with van der Waals surface area (Å²) in [6.07, 6.45) is 1.66. The maximum Gasteiger partial charge on any atom is 0.273 e. The largest absolute Gasteiger partial charge is 0.372 e. The third-order valence-corrected chi connectivity index (χ3v) is 4.11. The predicted molar refractivity (Wildman–Crippen MR) is 76.9 cm³/mol. The average Bonchev–Trinajstić information content (AvgIpc) is 2.72. The second kappa shape index (κ2) is 5.24. The molecule has 1 fully saturated rings. The number of ether oxygens (including phenoxy) is 2. The lowest BCUT2D eigenvalue weighted by Crippen LogP contribution is -2.62. The normalized spacial score (nSPS) is 26.9. The van der Waals surface area contributed by atoms with Gasteiger partial charge in [-0.25, -0.2) is 4.90 Å². The van der Waals surface area contributed by atoms with Crippen molar-refractivity contribution in [2.24, 2.45) is 0 Å². The first-order valence-corrected chi connectivity index (χ1v) is 7.33. The first-order chi connectivity index (χ1) is 10.1. The summed E-state index contributed by atoms with van der Waals surface area (Å²) in [6, 6.07) is 7.27. The number of nitrogens with zero attached hydrogens (tertiary/aromatic N) is 1. The molecule has 2 heterocycles. The maximum atomic E-state index is 12.8. The van der Waals surface area contributed by atoms with Crippen molar-refractivity contribution in [3.63, 3.8) is 0 Å². The summed E-state index contributed by atoms with van der Waals surface area (Å²) in [7, 11) is 0. The minimum absolute atomic E-state index is 0.299. The molecule has 1 saturated heterocycles. The number of hydrogen-bond donors (Lipinski definition) is 0. The minimum atomic E-state index is -1.13. The van der Waals surface area contributed by atoms with Gasteiger partial charge in [-0.1, -0.05) is 31.5 Å². The molecule has 2 amide bonds. The average molecular weight is 289 g/mol. The van der Waals surface area contributed by atoms with E-state index in [0.717, 1.165) is 18.4 Å². The Morgan fingerprint density at radius 2 is 2.24 bits per heavy atom. The van der Waals surface area contributed by atoms with Gasteiger partial charge in [-0.15, -0.1) is 0 Å². The van der Waals surface area contributed by atoms with Crippen molar-refractivity contribution in [3.8, 4) is 0 Å². The highest BCUT2D eigenvalue weighted by Gasteiger charge is 2.64. The van der Waals surface area contributed by atoms with E-state index in [1.54, 1.807) is 6.07 Å². The summed E-state index contributed by atoms with van der Waals surface area (Å²) in [6.45, 7) is 4.46. The van der Waals surface area contributed by atoms with Crippen molar-refractivity contribution in [1.29, 1.82) is 0 Å². The van der Waals surface area contributed by atoms with Gasteiger partial charge in [0.1, 0.15) is 6.10 Å². The van der Waals surface area contributed by atoms with Crippen LogP contribution in [-0.2, 0) is 24.7 Å². The standard InChI is InChI=1S/C16H19NO4/c1-3-4-9-20-14-10-21-16(14)12-7-5-6-8-13(12)17(11(2)18)15(16)19/h5-8,14H,3-4,9-10H2,1-2H3/t14-,16-/m0/s1. The molecule has 1 spiro atoms. The second-order valence-corrected chi connectivity index (χ2v) is 5.44. The SMILES string of the molecule is CCCCO[C@H]1CO[C@]12C(=O)N(C(C)=O)c1ccccc12. The molecule has 0 unspecified atom stereocenters. The van der Waals surface area contributed by atoms with Crippen LogP contribution in [0.3, 0.4) is 0 Å². The fourth-order valence-corrected chi connectivity index (χ4v) is 2.99. The van der Waals surface area contributed by atoms with Crippen LogP contribution in [0.1, 0.15) is 32.3 Å². The lowest BCUT2D eigenvalue weighted by Gasteiger charge is -2.44. The number of para-hydroxylation sites is 1. The Morgan fingerprint density at radius 3 is 2.86 bits per heavy atom. The molecule has 21 heavy (non-hydrogen) atoms. The van der Waals surface area contributed by atoms with E-state index in [-0.39, 0.29) is 17.9 Å². The molecule has 1 aromatic rings. The number of carbonyl (C=O) groups excluding carboxylic acids is 2. The number of fused-ring (bicyclic) bond motifs is 2. The molecule has 2 aliphatic rings. The highest BCUT2D eigenvalue weighted by molar-refractivity contribution is 6.22. The molecule has 0 aromatic heterocycles. The Kier molecular flexibility index (Phi) is 3.55. The number of imide groups is 1. The summed E-state index contributed by atoms with van der Waals surface area (Å²) in [5.74, 6) is -0.629. The van der Waals surface area contributed by atoms with E-state index in [2.05, 4.69) is 6.92 Å². The molecule has 0 aliphatic carbocycles. The van der Waals surface area contributed by atoms with Crippen LogP contribution in [0.25, 0.3) is 0 Å². The van der Waals surface area contributed by atoms with Crippen LogP contribution >= 0.6 is 0 Å².